The highest BCUT2D eigenvalue weighted by molar-refractivity contribution is 6.16. The first-order chi connectivity index (χ1) is 19.8. The van der Waals surface area contributed by atoms with Gasteiger partial charge in [-0.15, -0.1) is 0 Å². The van der Waals surface area contributed by atoms with Crippen LogP contribution in [0.3, 0.4) is 0 Å². The first kappa shape index (κ1) is 26.7. The van der Waals surface area contributed by atoms with E-state index < -0.39 is 11.6 Å². The second kappa shape index (κ2) is 10.8. The van der Waals surface area contributed by atoms with Crippen molar-refractivity contribution in [1.29, 1.82) is 0 Å². The first-order valence-electron chi connectivity index (χ1n) is 13.4. The van der Waals surface area contributed by atoms with Crippen molar-refractivity contribution >= 4 is 16.3 Å². The molecule has 0 heterocycles. The summed E-state index contributed by atoms with van der Waals surface area (Å²) in [5.74, 6) is -1.50. The van der Waals surface area contributed by atoms with Gasteiger partial charge in [-0.1, -0.05) is 60.7 Å². The van der Waals surface area contributed by atoms with E-state index in [9.17, 15) is 13.2 Å². The number of hydrogen-bond acceptors (Lipinski definition) is 1. The third kappa shape index (κ3) is 5.09. The van der Waals surface area contributed by atoms with E-state index in [1.54, 1.807) is 42.5 Å². The molecule has 5 aromatic carbocycles. The van der Waals surface area contributed by atoms with Crippen molar-refractivity contribution in [2.75, 3.05) is 20.6 Å². The lowest BCUT2D eigenvalue weighted by Crippen LogP contribution is -2.20. The summed E-state index contributed by atoms with van der Waals surface area (Å²) >= 11 is 0. The van der Waals surface area contributed by atoms with Crippen LogP contribution in [-0.2, 0) is 0 Å². The number of hydrogen-bond donors (Lipinski definition) is 0. The summed E-state index contributed by atoms with van der Waals surface area (Å²) in [5.41, 5.74) is 6.31. The maximum absolute atomic E-state index is 15.0. The minimum atomic E-state index is -0.408. The molecule has 41 heavy (non-hydrogen) atoms. The maximum Gasteiger partial charge on any atom is 0.123 e. The van der Waals surface area contributed by atoms with Gasteiger partial charge in [-0.25, -0.2) is 17.6 Å². The van der Waals surface area contributed by atoms with E-state index in [4.69, 9.17) is 0 Å². The molecule has 0 spiro atoms. The van der Waals surface area contributed by atoms with E-state index in [2.05, 4.69) is 17.1 Å². The fraction of sp³-hybridized carbons (Fsp3) is 0.111. The zero-order valence-corrected chi connectivity index (χ0v) is 22.6. The van der Waals surface area contributed by atoms with E-state index in [0.717, 1.165) is 39.8 Å². The van der Waals surface area contributed by atoms with E-state index in [1.807, 2.05) is 20.2 Å². The molecule has 204 valence electrons. The van der Waals surface area contributed by atoms with Gasteiger partial charge in [0.1, 0.15) is 23.3 Å². The molecular formula is C36H27F4N. The Balaban J connectivity index is 1.83. The van der Waals surface area contributed by atoms with Crippen molar-refractivity contribution in [1.82, 2.24) is 4.90 Å². The smallest absolute Gasteiger partial charge is 0.123 e. The molecule has 0 aromatic heterocycles. The topological polar surface area (TPSA) is 3.24 Å². The van der Waals surface area contributed by atoms with Gasteiger partial charge in [0.05, 0.1) is 0 Å². The summed E-state index contributed by atoms with van der Waals surface area (Å²) < 4.78 is 57.5. The zero-order valence-electron chi connectivity index (χ0n) is 22.6. The summed E-state index contributed by atoms with van der Waals surface area (Å²) in [6.07, 6.45) is 6.24. The van der Waals surface area contributed by atoms with Crippen LogP contribution in [0.15, 0.2) is 109 Å². The predicted molar refractivity (Wildman–Crippen MR) is 159 cm³/mol. The Morgan fingerprint density at radius 2 is 1.00 bits per heavy atom. The molecular weight excluding hydrogens is 522 g/mol. The Kier molecular flexibility index (Phi) is 7.06. The zero-order chi connectivity index (χ0) is 28.7. The second-order valence-corrected chi connectivity index (χ2v) is 10.6. The highest BCUT2D eigenvalue weighted by Gasteiger charge is 2.28. The van der Waals surface area contributed by atoms with Crippen LogP contribution in [0.2, 0.25) is 0 Å². The highest BCUT2D eigenvalue weighted by Crippen LogP contribution is 2.51. The van der Waals surface area contributed by atoms with Gasteiger partial charge < -0.3 is 4.90 Å². The Morgan fingerprint density at radius 1 is 0.537 bits per heavy atom. The molecule has 5 aromatic rings. The fourth-order valence-electron chi connectivity index (χ4n) is 5.83. The van der Waals surface area contributed by atoms with Crippen molar-refractivity contribution in [2.45, 2.75) is 0 Å². The van der Waals surface area contributed by atoms with Gasteiger partial charge in [-0.05, 0) is 118 Å². The standard InChI is InChI=1S/C36H27F4N/c1-41(2)21-25-4-3-5-30(25)36-31-19-18-29(40)20-32(31)33(22-6-12-26(37)13-7-22)34(23-8-14-27(38)15-9-23)35(36)24-10-16-28(39)17-11-24/h3-20,25H,21H2,1-2H3. The van der Waals surface area contributed by atoms with Gasteiger partial charge in [0, 0.05) is 12.5 Å². The van der Waals surface area contributed by atoms with Gasteiger partial charge in [0.2, 0.25) is 0 Å². The van der Waals surface area contributed by atoms with Gasteiger partial charge >= 0.3 is 0 Å². The van der Waals surface area contributed by atoms with Crippen molar-refractivity contribution in [3.05, 3.63) is 138 Å². The molecule has 0 amide bonds. The van der Waals surface area contributed by atoms with Crippen molar-refractivity contribution in [3.8, 4) is 33.4 Å². The number of benzene rings is 5. The van der Waals surface area contributed by atoms with Crippen LogP contribution in [0.1, 0.15) is 5.56 Å². The number of allylic oxidation sites excluding steroid dienone is 2. The van der Waals surface area contributed by atoms with Crippen molar-refractivity contribution in [2.24, 2.45) is 5.92 Å². The van der Waals surface area contributed by atoms with Gasteiger partial charge in [-0.3, -0.25) is 0 Å². The average Bonchev–Trinajstić information content (AvgIpc) is 3.40. The lowest BCUT2D eigenvalue weighted by atomic mass is 9.77. The van der Waals surface area contributed by atoms with Crippen LogP contribution < -0.4 is 0 Å². The first-order valence-corrected chi connectivity index (χ1v) is 13.4. The molecule has 1 nitrogen and oxygen atoms in total. The van der Waals surface area contributed by atoms with Crippen LogP contribution in [0.25, 0.3) is 49.7 Å². The summed E-state index contributed by atoms with van der Waals surface area (Å²) in [7, 11) is 4.03. The van der Waals surface area contributed by atoms with Crippen LogP contribution in [0.5, 0.6) is 0 Å². The van der Waals surface area contributed by atoms with E-state index in [1.165, 1.54) is 48.5 Å². The van der Waals surface area contributed by atoms with E-state index in [0.29, 0.717) is 22.1 Å². The molecule has 0 bridgehead atoms. The lowest BCUT2D eigenvalue weighted by Gasteiger charge is -2.27. The van der Waals surface area contributed by atoms with Gasteiger partial charge in [0.15, 0.2) is 0 Å². The van der Waals surface area contributed by atoms with E-state index in [-0.39, 0.29) is 17.6 Å². The van der Waals surface area contributed by atoms with Crippen molar-refractivity contribution in [3.63, 3.8) is 0 Å². The quantitative estimate of drug-likeness (QED) is 0.191. The maximum atomic E-state index is 15.0. The third-order valence-electron chi connectivity index (χ3n) is 7.54. The van der Waals surface area contributed by atoms with Crippen LogP contribution in [-0.4, -0.2) is 25.5 Å². The van der Waals surface area contributed by atoms with Gasteiger partial charge in [-0.2, -0.15) is 0 Å². The summed E-state index contributed by atoms with van der Waals surface area (Å²) in [6.45, 7) is 0.749. The normalized spacial score (nSPS) is 14.7. The summed E-state index contributed by atoms with van der Waals surface area (Å²) in [5, 5.41) is 1.46. The fourth-order valence-corrected chi connectivity index (χ4v) is 5.83. The monoisotopic (exact) mass is 549 g/mol. The molecule has 0 fully saturated rings. The SMILES string of the molecule is CN(C)CC1C=CC=C1c1c(-c2ccc(F)cc2)c(-c2ccc(F)cc2)c(-c2ccc(F)cc2)c2cc(F)ccc12. The Bertz CT molecular complexity index is 1800. The van der Waals surface area contributed by atoms with Crippen molar-refractivity contribution < 1.29 is 17.6 Å². The average molecular weight is 550 g/mol. The number of fused-ring (bicyclic) bond motifs is 1. The Labute approximate surface area is 236 Å². The molecule has 1 aliphatic rings. The molecule has 0 saturated heterocycles. The molecule has 6 rings (SSSR count). The molecule has 0 radical (unpaired) electrons. The lowest BCUT2D eigenvalue weighted by molar-refractivity contribution is 0.391. The minimum absolute atomic E-state index is 0.0511. The molecule has 5 heteroatoms. The van der Waals surface area contributed by atoms with E-state index >= 15 is 4.39 Å². The van der Waals surface area contributed by atoms with Crippen LogP contribution in [0.4, 0.5) is 17.6 Å². The second-order valence-electron chi connectivity index (χ2n) is 10.6. The molecule has 1 atom stereocenters. The number of nitrogens with zero attached hydrogens (tertiary/aromatic N) is 1. The Hall–Kier alpha value is -4.48. The molecule has 0 saturated carbocycles. The Morgan fingerprint density at radius 3 is 1.51 bits per heavy atom. The van der Waals surface area contributed by atoms with Gasteiger partial charge in [0.25, 0.3) is 0 Å². The highest BCUT2D eigenvalue weighted by atomic mass is 19.1. The summed E-state index contributed by atoms with van der Waals surface area (Å²) in [4.78, 5) is 2.11. The molecule has 0 aliphatic heterocycles. The van der Waals surface area contributed by atoms with Crippen LogP contribution >= 0.6 is 0 Å². The predicted octanol–water partition coefficient (Wildman–Crippen LogP) is 9.53. The largest absolute Gasteiger partial charge is 0.308 e. The third-order valence-corrected chi connectivity index (χ3v) is 7.54. The summed E-state index contributed by atoms with van der Waals surface area (Å²) in [6, 6.07) is 23.3. The molecule has 0 N–H and O–H groups in total. The minimum Gasteiger partial charge on any atom is -0.308 e. The van der Waals surface area contributed by atoms with Crippen LogP contribution in [0, 0.1) is 29.2 Å². The number of rotatable bonds is 6. The number of halogens is 4. The molecule has 1 aliphatic carbocycles. The molecule has 1 unspecified atom stereocenters.